The maximum atomic E-state index is 11.5. The Balaban J connectivity index is 2.55. The third kappa shape index (κ3) is 4.92. The number of rotatable bonds is 8. The van der Waals surface area contributed by atoms with E-state index in [2.05, 4.69) is 10.1 Å². The summed E-state index contributed by atoms with van der Waals surface area (Å²) in [6.07, 6.45) is 2.07. The number of esters is 1. The number of thiophene rings is 1. The highest BCUT2D eigenvalue weighted by Crippen LogP contribution is 2.35. The van der Waals surface area contributed by atoms with E-state index in [1.54, 1.807) is 0 Å². The molecule has 0 aromatic carbocycles. The van der Waals surface area contributed by atoms with Gasteiger partial charge in [0.15, 0.2) is 0 Å². The second-order valence-corrected chi connectivity index (χ2v) is 5.73. The number of hydrogen-bond donors (Lipinski definition) is 2. The Labute approximate surface area is 128 Å². The third-order valence-electron chi connectivity index (χ3n) is 2.74. The Morgan fingerprint density at radius 1 is 1.48 bits per heavy atom. The van der Waals surface area contributed by atoms with Crippen molar-refractivity contribution in [1.29, 1.82) is 5.26 Å². The van der Waals surface area contributed by atoms with Crippen molar-refractivity contribution in [2.45, 2.75) is 32.8 Å². The van der Waals surface area contributed by atoms with E-state index < -0.39 is 5.97 Å². The Bertz CT molecular complexity index is 520. The van der Waals surface area contributed by atoms with Crippen LogP contribution in [0.2, 0.25) is 0 Å². The molecule has 0 fully saturated rings. The molecule has 0 unspecified atom stereocenters. The first-order chi connectivity index (χ1) is 10.0. The van der Waals surface area contributed by atoms with Crippen molar-refractivity contribution in [3.8, 4) is 6.07 Å². The molecule has 0 aliphatic carbocycles. The first-order valence-electron chi connectivity index (χ1n) is 6.77. The molecular weight excluding hydrogens is 290 g/mol. The summed E-state index contributed by atoms with van der Waals surface area (Å²) in [6.45, 7) is 5.40. The molecule has 7 heteroatoms. The second-order valence-electron chi connectivity index (χ2n) is 4.71. The van der Waals surface area contributed by atoms with Gasteiger partial charge in [0.05, 0.1) is 18.9 Å². The van der Waals surface area contributed by atoms with E-state index in [9.17, 15) is 4.79 Å². The van der Waals surface area contributed by atoms with Crippen LogP contribution in [0.1, 0.15) is 41.9 Å². The smallest absolute Gasteiger partial charge is 0.350 e. The number of ether oxygens (including phenoxy) is 2. The van der Waals surface area contributed by atoms with E-state index in [0.717, 1.165) is 24.2 Å². The average molecular weight is 311 g/mol. The fourth-order valence-corrected chi connectivity index (χ4v) is 2.69. The van der Waals surface area contributed by atoms with Crippen molar-refractivity contribution < 1.29 is 14.3 Å². The van der Waals surface area contributed by atoms with Crippen LogP contribution in [0.3, 0.4) is 0 Å². The van der Waals surface area contributed by atoms with Crippen molar-refractivity contribution >= 4 is 28.0 Å². The van der Waals surface area contributed by atoms with Gasteiger partial charge in [0.2, 0.25) is 0 Å². The highest BCUT2D eigenvalue weighted by atomic mass is 32.1. The molecule has 1 aromatic rings. The molecule has 0 spiro atoms. The lowest BCUT2D eigenvalue weighted by Crippen LogP contribution is -2.07. The number of hydrogen-bond acceptors (Lipinski definition) is 7. The maximum Gasteiger partial charge on any atom is 0.350 e. The van der Waals surface area contributed by atoms with Gasteiger partial charge in [0, 0.05) is 13.2 Å². The van der Waals surface area contributed by atoms with Gasteiger partial charge in [0.25, 0.3) is 0 Å². The molecular formula is C14H21N3O3S. The van der Waals surface area contributed by atoms with Gasteiger partial charge in [0.1, 0.15) is 21.5 Å². The third-order valence-corrected chi connectivity index (χ3v) is 3.88. The van der Waals surface area contributed by atoms with E-state index in [1.807, 2.05) is 19.9 Å². The molecule has 3 N–H and O–H groups in total. The Kier molecular flexibility index (Phi) is 6.99. The summed E-state index contributed by atoms with van der Waals surface area (Å²) >= 11 is 1.15. The number of nitriles is 1. The minimum absolute atomic E-state index is 0.181. The molecule has 0 amide bonds. The van der Waals surface area contributed by atoms with Crippen molar-refractivity contribution in [3.05, 3.63) is 10.4 Å². The zero-order valence-electron chi connectivity index (χ0n) is 12.6. The predicted octanol–water partition coefficient (Wildman–Crippen LogP) is 2.61. The van der Waals surface area contributed by atoms with E-state index >= 15 is 0 Å². The number of unbranched alkanes of at least 4 members (excludes halogenated alkanes) is 1. The lowest BCUT2D eigenvalue weighted by atomic mass is 10.2. The summed E-state index contributed by atoms with van der Waals surface area (Å²) in [4.78, 5) is 11.8. The normalized spacial score (nSPS) is 10.4. The fraction of sp³-hybridized carbons (Fsp3) is 0.571. The zero-order chi connectivity index (χ0) is 15.8. The molecule has 116 valence electrons. The number of nitrogens with zero attached hydrogens (tertiary/aromatic N) is 1. The largest absolute Gasteiger partial charge is 0.465 e. The van der Waals surface area contributed by atoms with Crippen LogP contribution in [0.4, 0.5) is 10.7 Å². The Morgan fingerprint density at radius 3 is 2.76 bits per heavy atom. The number of carbonyl (C=O) groups excluding carboxylic acids is 1. The minimum atomic E-state index is -0.521. The molecule has 0 aliphatic heterocycles. The molecule has 0 aliphatic rings. The Hall–Kier alpha value is -1.78. The molecule has 21 heavy (non-hydrogen) atoms. The molecule has 0 radical (unpaired) electrons. The summed E-state index contributed by atoms with van der Waals surface area (Å²) in [5.74, 6) is -0.521. The topological polar surface area (TPSA) is 97.4 Å². The van der Waals surface area contributed by atoms with Crippen LogP contribution in [0.5, 0.6) is 0 Å². The molecule has 1 aromatic heterocycles. The van der Waals surface area contributed by atoms with Crippen molar-refractivity contribution in [1.82, 2.24) is 0 Å². The van der Waals surface area contributed by atoms with Crippen molar-refractivity contribution in [3.63, 3.8) is 0 Å². The lowest BCUT2D eigenvalue weighted by Gasteiger charge is -2.07. The van der Waals surface area contributed by atoms with Gasteiger partial charge in [-0.25, -0.2) is 4.79 Å². The monoisotopic (exact) mass is 311 g/mol. The molecule has 6 nitrogen and oxygen atoms in total. The molecule has 0 atom stereocenters. The van der Waals surface area contributed by atoms with Crippen LogP contribution in [0.15, 0.2) is 0 Å². The van der Waals surface area contributed by atoms with E-state index in [-0.39, 0.29) is 16.7 Å². The van der Waals surface area contributed by atoms with Crippen LogP contribution in [-0.4, -0.2) is 32.3 Å². The van der Waals surface area contributed by atoms with E-state index in [0.29, 0.717) is 23.7 Å². The van der Waals surface area contributed by atoms with Gasteiger partial charge < -0.3 is 20.5 Å². The van der Waals surface area contributed by atoms with Crippen LogP contribution < -0.4 is 11.1 Å². The van der Waals surface area contributed by atoms with Gasteiger partial charge in [-0.1, -0.05) is 0 Å². The van der Waals surface area contributed by atoms with Gasteiger partial charge in [-0.05, 0) is 26.7 Å². The fourth-order valence-electron chi connectivity index (χ4n) is 1.67. The number of carbonyl (C=O) groups is 1. The van der Waals surface area contributed by atoms with Gasteiger partial charge in [-0.2, -0.15) is 5.26 Å². The maximum absolute atomic E-state index is 11.5. The number of nitrogens with one attached hydrogen (secondary N) is 1. The molecule has 0 saturated carbocycles. The lowest BCUT2D eigenvalue weighted by molar-refractivity contribution is 0.0607. The average Bonchev–Trinajstić information content (AvgIpc) is 2.77. The van der Waals surface area contributed by atoms with Gasteiger partial charge in [-0.3, -0.25) is 0 Å². The van der Waals surface area contributed by atoms with Crippen molar-refractivity contribution in [2.75, 3.05) is 31.3 Å². The summed E-state index contributed by atoms with van der Waals surface area (Å²) in [6, 6.07) is 2.02. The molecule has 0 bridgehead atoms. The predicted molar refractivity (Wildman–Crippen MR) is 83.6 cm³/mol. The van der Waals surface area contributed by atoms with Crippen LogP contribution in [-0.2, 0) is 9.47 Å². The number of nitrogen functional groups attached to an aromatic ring is 1. The highest BCUT2D eigenvalue weighted by Gasteiger charge is 2.21. The summed E-state index contributed by atoms with van der Waals surface area (Å²) < 4.78 is 10.1. The minimum Gasteiger partial charge on any atom is -0.465 e. The summed E-state index contributed by atoms with van der Waals surface area (Å²) in [5.41, 5.74) is 6.29. The quantitative estimate of drug-likeness (QED) is 0.566. The SMILES string of the molecule is COC(=O)c1sc(NCCCCOC(C)C)c(C#N)c1N. The second kappa shape index (κ2) is 8.49. The number of anilines is 2. The zero-order valence-corrected chi connectivity index (χ0v) is 13.4. The summed E-state index contributed by atoms with van der Waals surface area (Å²) in [5, 5.41) is 12.9. The molecule has 1 heterocycles. The highest BCUT2D eigenvalue weighted by molar-refractivity contribution is 7.18. The van der Waals surface area contributed by atoms with E-state index in [1.165, 1.54) is 7.11 Å². The first kappa shape index (κ1) is 17.3. The van der Waals surface area contributed by atoms with Crippen LogP contribution >= 0.6 is 11.3 Å². The van der Waals surface area contributed by atoms with E-state index in [4.69, 9.17) is 15.7 Å². The summed E-state index contributed by atoms with van der Waals surface area (Å²) in [7, 11) is 1.29. The standard InChI is InChI=1S/C14H21N3O3S/c1-9(2)20-7-5-4-6-17-13-10(8-15)11(16)12(21-13)14(18)19-3/h9,17H,4-7,16H2,1-3H3. The van der Waals surface area contributed by atoms with Crippen LogP contribution in [0, 0.1) is 11.3 Å². The number of methoxy groups -OCH3 is 1. The molecule has 1 rings (SSSR count). The van der Waals surface area contributed by atoms with Crippen LogP contribution in [0.25, 0.3) is 0 Å². The van der Waals surface area contributed by atoms with Crippen molar-refractivity contribution in [2.24, 2.45) is 0 Å². The molecule has 0 saturated heterocycles. The first-order valence-corrected chi connectivity index (χ1v) is 7.59. The number of nitrogens with two attached hydrogens (primary N) is 1. The van der Waals surface area contributed by atoms with Gasteiger partial charge >= 0.3 is 5.97 Å². The van der Waals surface area contributed by atoms with Gasteiger partial charge in [-0.15, -0.1) is 11.3 Å². The Morgan fingerprint density at radius 2 is 2.19 bits per heavy atom.